The van der Waals surface area contributed by atoms with E-state index >= 15 is 0 Å². The van der Waals surface area contributed by atoms with E-state index in [4.69, 9.17) is 4.74 Å². The first-order valence-electron chi connectivity index (χ1n) is 9.91. The highest BCUT2D eigenvalue weighted by Gasteiger charge is 2.41. The molecule has 3 aromatic carbocycles. The van der Waals surface area contributed by atoms with Gasteiger partial charge in [-0.25, -0.2) is 0 Å². The van der Waals surface area contributed by atoms with Gasteiger partial charge in [0, 0.05) is 7.11 Å². The van der Waals surface area contributed by atoms with Gasteiger partial charge in [0.1, 0.15) is 11.6 Å². The number of ether oxygens (including phenoxy) is 1. The molecule has 29 heavy (non-hydrogen) atoms. The number of benzene rings is 3. The summed E-state index contributed by atoms with van der Waals surface area (Å²) in [5.74, 6) is -0.142. The fourth-order valence-corrected chi connectivity index (χ4v) is 3.89. The van der Waals surface area contributed by atoms with E-state index in [1.807, 2.05) is 75.4 Å². The Morgan fingerprint density at radius 3 is 1.34 bits per heavy atom. The topological polar surface area (TPSA) is 38.3 Å². The molecule has 0 saturated heterocycles. The fourth-order valence-electron chi connectivity index (χ4n) is 3.89. The molecular formula is C26H29NO2. The molecule has 0 fully saturated rings. The van der Waals surface area contributed by atoms with E-state index in [0.717, 1.165) is 16.7 Å². The lowest BCUT2D eigenvalue weighted by atomic mass is 9.76. The number of amides is 1. The highest BCUT2D eigenvalue weighted by molar-refractivity contribution is 5.84. The molecule has 1 amide bonds. The number of hydrogen-bond donors (Lipinski definition) is 1. The van der Waals surface area contributed by atoms with Crippen molar-refractivity contribution >= 4 is 5.91 Å². The molecule has 3 nitrogen and oxygen atoms in total. The summed E-state index contributed by atoms with van der Waals surface area (Å²) in [5, 5.41) is 3.37. The summed E-state index contributed by atoms with van der Waals surface area (Å²) < 4.78 is 5.62. The van der Waals surface area contributed by atoms with Crippen LogP contribution in [0.4, 0.5) is 0 Å². The van der Waals surface area contributed by atoms with Crippen molar-refractivity contribution in [2.75, 3.05) is 7.11 Å². The van der Waals surface area contributed by atoms with Gasteiger partial charge in [-0.3, -0.25) is 4.79 Å². The number of methoxy groups -OCH3 is 1. The van der Waals surface area contributed by atoms with Gasteiger partial charge in [-0.2, -0.15) is 0 Å². The minimum atomic E-state index is -0.830. The Kier molecular flexibility index (Phi) is 6.19. The van der Waals surface area contributed by atoms with Gasteiger partial charge >= 0.3 is 0 Å². The number of nitrogens with one attached hydrogen (secondary N) is 1. The molecule has 150 valence electrons. The zero-order chi connectivity index (χ0) is 20.9. The minimum Gasteiger partial charge on any atom is -0.371 e. The molecular weight excluding hydrogens is 358 g/mol. The summed E-state index contributed by atoms with van der Waals surface area (Å²) in [6.45, 7) is 6.03. The van der Waals surface area contributed by atoms with Crippen molar-refractivity contribution in [1.29, 1.82) is 0 Å². The van der Waals surface area contributed by atoms with Crippen molar-refractivity contribution in [3.8, 4) is 0 Å². The van der Waals surface area contributed by atoms with Gasteiger partial charge in [-0.05, 0) is 22.1 Å². The molecule has 0 aliphatic carbocycles. The normalized spacial score (nSPS) is 13.0. The van der Waals surface area contributed by atoms with E-state index in [-0.39, 0.29) is 11.3 Å². The number of carbonyl (C=O) groups is 1. The molecule has 3 rings (SSSR count). The molecule has 0 aromatic heterocycles. The first-order chi connectivity index (χ1) is 13.9. The lowest BCUT2D eigenvalue weighted by molar-refractivity contribution is -0.138. The summed E-state index contributed by atoms with van der Waals surface area (Å²) in [5.41, 5.74) is 1.82. The molecule has 1 N–H and O–H groups in total. The van der Waals surface area contributed by atoms with Crippen LogP contribution in [0.1, 0.15) is 37.5 Å². The van der Waals surface area contributed by atoms with Crippen LogP contribution in [0.2, 0.25) is 0 Å². The third-order valence-corrected chi connectivity index (χ3v) is 5.19. The Labute approximate surface area is 173 Å². The molecule has 3 aromatic rings. The Balaban J connectivity index is 2.24. The Morgan fingerprint density at radius 2 is 1.07 bits per heavy atom. The van der Waals surface area contributed by atoms with Crippen LogP contribution in [0, 0.1) is 5.41 Å². The quantitative estimate of drug-likeness (QED) is 0.594. The number of carbonyl (C=O) groups excluding carboxylic acids is 1. The van der Waals surface area contributed by atoms with Crippen molar-refractivity contribution < 1.29 is 9.53 Å². The fraction of sp³-hybridized carbons (Fsp3) is 0.269. The van der Waals surface area contributed by atoms with E-state index in [1.165, 1.54) is 0 Å². The smallest absolute Gasteiger partial charge is 0.250 e. The zero-order valence-corrected chi connectivity index (χ0v) is 17.6. The van der Waals surface area contributed by atoms with E-state index in [1.54, 1.807) is 7.11 Å². The van der Waals surface area contributed by atoms with Gasteiger partial charge in [0.2, 0.25) is 0 Å². The molecule has 0 heterocycles. The minimum absolute atomic E-state index is 0.142. The van der Waals surface area contributed by atoms with Gasteiger partial charge in [-0.15, -0.1) is 0 Å². The molecule has 1 unspecified atom stereocenters. The summed E-state index contributed by atoms with van der Waals surface area (Å²) in [6, 6.07) is 30.3. The summed E-state index contributed by atoms with van der Waals surface area (Å²) in [6.07, 6.45) is -0.585. The first-order valence-corrected chi connectivity index (χ1v) is 9.91. The second-order valence-electron chi connectivity index (χ2n) is 8.32. The first kappa shape index (κ1) is 20.8. The van der Waals surface area contributed by atoms with Gasteiger partial charge in [0.15, 0.2) is 0 Å². The Hall–Kier alpha value is -2.91. The average Bonchev–Trinajstić information content (AvgIpc) is 2.73. The second kappa shape index (κ2) is 8.62. The van der Waals surface area contributed by atoms with Gasteiger partial charge in [0.25, 0.3) is 5.91 Å². The zero-order valence-electron chi connectivity index (χ0n) is 17.6. The van der Waals surface area contributed by atoms with Crippen LogP contribution in [0.3, 0.4) is 0 Å². The standard InChI is InChI=1S/C26H29NO2/c1-25(2,3)23(29-4)24(28)27-26(20-14-8-5-9-15-20,21-16-10-6-11-17-21)22-18-12-7-13-19-22/h5-19,23H,1-4H3,(H,27,28). The number of hydrogen-bond acceptors (Lipinski definition) is 2. The van der Waals surface area contributed by atoms with Crippen molar-refractivity contribution in [2.24, 2.45) is 5.41 Å². The molecule has 0 radical (unpaired) electrons. The van der Waals surface area contributed by atoms with Crippen LogP contribution < -0.4 is 5.32 Å². The Morgan fingerprint density at radius 1 is 0.724 bits per heavy atom. The molecule has 0 spiro atoms. The maximum Gasteiger partial charge on any atom is 0.250 e. The Bertz CT molecular complexity index is 819. The van der Waals surface area contributed by atoms with Gasteiger partial charge < -0.3 is 10.1 Å². The third-order valence-electron chi connectivity index (χ3n) is 5.19. The van der Waals surface area contributed by atoms with Crippen LogP contribution >= 0.6 is 0 Å². The molecule has 0 aliphatic rings. The summed E-state index contributed by atoms with van der Waals surface area (Å²) in [7, 11) is 1.59. The van der Waals surface area contributed by atoms with E-state index < -0.39 is 11.6 Å². The third kappa shape index (κ3) is 4.25. The maximum atomic E-state index is 13.5. The maximum absolute atomic E-state index is 13.5. The lowest BCUT2D eigenvalue weighted by Crippen LogP contribution is -2.54. The van der Waals surface area contributed by atoms with Crippen molar-refractivity contribution in [1.82, 2.24) is 5.32 Å². The predicted molar refractivity (Wildman–Crippen MR) is 118 cm³/mol. The van der Waals surface area contributed by atoms with E-state index in [9.17, 15) is 4.79 Å². The van der Waals surface area contributed by atoms with Crippen LogP contribution in [-0.4, -0.2) is 19.1 Å². The van der Waals surface area contributed by atoms with Crippen molar-refractivity contribution in [3.63, 3.8) is 0 Å². The van der Waals surface area contributed by atoms with Crippen LogP contribution in [0.25, 0.3) is 0 Å². The SMILES string of the molecule is COC(C(=O)NC(c1ccccc1)(c1ccccc1)c1ccccc1)C(C)(C)C. The molecule has 0 bridgehead atoms. The highest BCUT2D eigenvalue weighted by atomic mass is 16.5. The van der Waals surface area contributed by atoms with Crippen LogP contribution in [0.5, 0.6) is 0 Å². The largest absolute Gasteiger partial charge is 0.371 e. The summed E-state index contributed by atoms with van der Waals surface area (Å²) in [4.78, 5) is 13.5. The molecule has 3 heteroatoms. The predicted octanol–water partition coefficient (Wildman–Crippen LogP) is 5.16. The lowest BCUT2D eigenvalue weighted by Gasteiger charge is -2.39. The van der Waals surface area contributed by atoms with Crippen LogP contribution in [0.15, 0.2) is 91.0 Å². The van der Waals surface area contributed by atoms with Crippen molar-refractivity contribution in [3.05, 3.63) is 108 Å². The van der Waals surface area contributed by atoms with Gasteiger partial charge in [-0.1, -0.05) is 112 Å². The second-order valence-corrected chi connectivity index (χ2v) is 8.32. The van der Waals surface area contributed by atoms with E-state index in [0.29, 0.717) is 0 Å². The van der Waals surface area contributed by atoms with Crippen LogP contribution in [-0.2, 0) is 15.1 Å². The molecule has 1 atom stereocenters. The highest BCUT2D eigenvalue weighted by Crippen LogP contribution is 2.37. The molecule has 0 aliphatic heterocycles. The molecule has 0 saturated carbocycles. The summed E-state index contributed by atoms with van der Waals surface area (Å²) >= 11 is 0. The van der Waals surface area contributed by atoms with E-state index in [2.05, 4.69) is 41.7 Å². The number of rotatable bonds is 6. The van der Waals surface area contributed by atoms with Gasteiger partial charge in [0.05, 0.1) is 0 Å². The monoisotopic (exact) mass is 387 g/mol. The van der Waals surface area contributed by atoms with Crippen molar-refractivity contribution in [2.45, 2.75) is 32.4 Å². The average molecular weight is 388 g/mol.